The van der Waals surface area contributed by atoms with E-state index in [1.165, 1.54) is 16.7 Å². The average molecular weight is 237 g/mol. The van der Waals surface area contributed by atoms with Gasteiger partial charge in [-0.1, -0.05) is 20.8 Å². The second kappa shape index (κ2) is 5.52. The number of ether oxygens (including phenoxy) is 1. The van der Waals surface area contributed by atoms with Gasteiger partial charge in [-0.05, 0) is 41.2 Å². The Morgan fingerprint density at radius 3 is 2.29 bits per heavy atom. The summed E-state index contributed by atoms with van der Waals surface area (Å²) in [7, 11) is 3.35. The molecule has 0 fully saturated rings. The fourth-order valence-electron chi connectivity index (χ4n) is 1.82. The minimum Gasteiger partial charge on any atom is -0.496 e. The van der Waals surface area contributed by atoms with E-state index in [9.17, 15) is 0 Å². The normalized spacial score (nSPS) is 11.6. The van der Waals surface area contributed by atoms with Crippen LogP contribution in [0.1, 0.15) is 37.5 Å². The summed E-state index contributed by atoms with van der Waals surface area (Å²) >= 11 is 0. The third kappa shape index (κ3) is 3.45. The lowest BCUT2D eigenvalue weighted by atomic mass is 9.84. The van der Waals surface area contributed by atoms with Crippen LogP contribution >= 0.6 is 0 Å². The molecule has 0 heterocycles. The number of benzene rings is 1. The molecule has 1 rings (SSSR count). The van der Waals surface area contributed by atoms with E-state index >= 15 is 0 Å². The SMILES string of the molecule is CONCc1cc(C(C)(C)C)c(OC)cc1C. The highest BCUT2D eigenvalue weighted by Gasteiger charge is 2.20. The van der Waals surface area contributed by atoms with Gasteiger partial charge in [-0.3, -0.25) is 0 Å². The van der Waals surface area contributed by atoms with E-state index in [4.69, 9.17) is 9.57 Å². The minimum absolute atomic E-state index is 0.0703. The number of rotatable bonds is 4. The Labute approximate surface area is 104 Å². The molecule has 0 spiro atoms. The number of hydroxylamine groups is 1. The van der Waals surface area contributed by atoms with Crippen LogP contribution in [-0.2, 0) is 16.8 Å². The van der Waals surface area contributed by atoms with Crippen molar-refractivity contribution in [3.8, 4) is 5.75 Å². The molecule has 96 valence electrons. The van der Waals surface area contributed by atoms with E-state index in [1.54, 1.807) is 14.2 Å². The molecule has 0 atom stereocenters. The summed E-state index contributed by atoms with van der Waals surface area (Å²) in [6.45, 7) is 9.35. The lowest BCUT2D eigenvalue weighted by Crippen LogP contribution is -2.16. The molecule has 0 bridgehead atoms. The first kappa shape index (κ1) is 14.0. The van der Waals surface area contributed by atoms with Crippen molar-refractivity contribution in [2.75, 3.05) is 14.2 Å². The number of nitrogens with one attached hydrogen (secondary N) is 1. The Balaban J connectivity index is 3.18. The molecule has 0 saturated heterocycles. The van der Waals surface area contributed by atoms with Gasteiger partial charge in [-0.2, -0.15) is 5.48 Å². The average Bonchev–Trinajstić information content (AvgIpc) is 2.25. The summed E-state index contributed by atoms with van der Waals surface area (Å²) in [6, 6.07) is 4.29. The summed E-state index contributed by atoms with van der Waals surface area (Å²) in [6.07, 6.45) is 0. The first-order valence-electron chi connectivity index (χ1n) is 5.84. The van der Waals surface area contributed by atoms with Crippen LogP contribution in [0, 0.1) is 6.92 Å². The van der Waals surface area contributed by atoms with Crippen molar-refractivity contribution in [3.05, 3.63) is 28.8 Å². The summed E-state index contributed by atoms with van der Waals surface area (Å²) < 4.78 is 5.46. The molecule has 17 heavy (non-hydrogen) atoms. The summed E-state index contributed by atoms with van der Waals surface area (Å²) in [4.78, 5) is 4.90. The molecule has 3 nitrogen and oxygen atoms in total. The van der Waals surface area contributed by atoms with Crippen molar-refractivity contribution in [2.24, 2.45) is 0 Å². The molecule has 0 aliphatic heterocycles. The largest absolute Gasteiger partial charge is 0.496 e. The molecule has 0 radical (unpaired) electrons. The number of aryl methyl sites for hydroxylation is 1. The Kier molecular flexibility index (Phi) is 4.54. The number of methoxy groups -OCH3 is 1. The lowest BCUT2D eigenvalue weighted by Gasteiger charge is -2.24. The van der Waals surface area contributed by atoms with Crippen molar-refractivity contribution in [1.82, 2.24) is 5.48 Å². The molecule has 0 saturated carbocycles. The predicted octanol–water partition coefficient (Wildman–Crippen LogP) is 2.95. The standard InChI is InChI=1S/C14H23NO2/c1-10-7-13(16-5)12(14(2,3)4)8-11(10)9-15-17-6/h7-8,15H,9H2,1-6H3. The van der Waals surface area contributed by atoms with E-state index in [2.05, 4.69) is 45.3 Å². The first-order chi connectivity index (χ1) is 7.90. The van der Waals surface area contributed by atoms with Crippen LogP contribution in [0.4, 0.5) is 0 Å². The Morgan fingerprint density at radius 1 is 1.18 bits per heavy atom. The van der Waals surface area contributed by atoms with E-state index in [1.807, 2.05) is 0 Å². The van der Waals surface area contributed by atoms with Crippen molar-refractivity contribution in [2.45, 2.75) is 39.7 Å². The maximum Gasteiger partial charge on any atom is 0.122 e. The van der Waals surface area contributed by atoms with Gasteiger partial charge in [0, 0.05) is 6.54 Å². The smallest absolute Gasteiger partial charge is 0.122 e. The van der Waals surface area contributed by atoms with Crippen molar-refractivity contribution in [1.29, 1.82) is 0 Å². The Morgan fingerprint density at radius 2 is 1.82 bits per heavy atom. The topological polar surface area (TPSA) is 30.5 Å². The highest BCUT2D eigenvalue weighted by Crippen LogP contribution is 2.33. The monoisotopic (exact) mass is 237 g/mol. The third-order valence-corrected chi connectivity index (χ3v) is 2.87. The van der Waals surface area contributed by atoms with E-state index in [0.717, 1.165) is 5.75 Å². The molecule has 0 aromatic heterocycles. The molecule has 0 aliphatic carbocycles. The zero-order chi connectivity index (χ0) is 13.1. The van der Waals surface area contributed by atoms with Crippen LogP contribution in [0.2, 0.25) is 0 Å². The van der Waals surface area contributed by atoms with Crippen molar-refractivity contribution in [3.63, 3.8) is 0 Å². The zero-order valence-corrected chi connectivity index (χ0v) is 11.7. The van der Waals surface area contributed by atoms with Gasteiger partial charge in [-0.25, -0.2) is 0 Å². The van der Waals surface area contributed by atoms with E-state index < -0.39 is 0 Å². The van der Waals surface area contributed by atoms with Gasteiger partial charge in [0.05, 0.1) is 14.2 Å². The Bertz CT molecular complexity index is 381. The van der Waals surface area contributed by atoms with Gasteiger partial charge in [0.1, 0.15) is 5.75 Å². The second-order valence-corrected chi connectivity index (χ2v) is 5.25. The molecule has 0 amide bonds. The van der Waals surface area contributed by atoms with Gasteiger partial charge in [-0.15, -0.1) is 0 Å². The first-order valence-corrected chi connectivity index (χ1v) is 5.84. The van der Waals surface area contributed by atoms with Crippen LogP contribution in [0.25, 0.3) is 0 Å². The predicted molar refractivity (Wildman–Crippen MR) is 70.3 cm³/mol. The van der Waals surface area contributed by atoms with Crippen molar-refractivity contribution < 1.29 is 9.57 Å². The fraction of sp³-hybridized carbons (Fsp3) is 0.571. The molecular weight excluding hydrogens is 214 g/mol. The molecular formula is C14H23NO2. The highest BCUT2D eigenvalue weighted by molar-refractivity contribution is 5.45. The third-order valence-electron chi connectivity index (χ3n) is 2.87. The van der Waals surface area contributed by atoms with Crippen LogP contribution in [0.3, 0.4) is 0 Å². The molecule has 0 unspecified atom stereocenters. The molecule has 0 aliphatic rings. The highest BCUT2D eigenvalue weighted by atomic mass is 16.6. The van der Waals surface area contributed by atoms with Gasteiger partial charge in [0.25, 0.3) is 0 Å². The van der Waals surface area contributed by atoms with Crippen LogP contribution in [0.5, 0.6) is 5.75 Å². The van der Waals surface area contributed by atoms with Gasteiger partial charge >= 0.3 is 0 Å². The quantitative estimate of drug-likeness (QED) is 0.817. The molecule has 1 aromatic rings. The maximum absolute atomic E-state index is 5.46. The number of hydrogen-bond donors (Lipinski definition) is 1. The molecule has 1 aromatic carbocycles. The van der Waals surface area contributed by atoms with Crippen LogP contribution < -0.4 is 10.2 Å². The number of hydrogen-bond acceptors (Lipinski definition) is 3. The van der Waals surface area contributed by atoms with E-state index in [0.29, 0.717) is 6.54 Å². The zero-order valence-electron chi connectivity index (χ0n) is 11.7. The Hall–Kier alpha value is -1.06. The van der Waals surface area contributed by atoms with Gasteiger partial charge < -0.3 is 9.57 Å². The second-order valence-electron chi connectivity index (χ2n) is 5.25. The summed E-state index contributed by atoms with van der Waals surface area (Å²) in [5.74, 6) is 0.955. The summed E-state index contributed by atoms with van der Waals surface area (Å²) in [5.41, 5.74) is 6.61. The lowest BCUT2D eigenvalue weighted by molar-refractivity contribution is 0.0865. The minimum atomic E-state index is 0.0703. The van der Waals surface area contributed by atoms with Crippen LogP contribution in [-0.4, -0.2) is 14.2 Å². The summed E-state index contributed by atoms with van der Waals surface area (Å²) in [5, 5.41) is 0. The van der Waals surface area contributed by atoms with E-state index in [-0.39, 0.29) is 5.41 Å². The van der Waals surface area contributed by atoms with Gasteiger partial charge in [0.2, 0.25) is 0 Å². The maximum atomic E-state index is 5.46. The fourth-order valence-corrected chi connectivity index (χ4v) is 1.82. The molecule has 3 heteroatoms. The van der Waals surface area contributed by atoms with Gasteiger partial charge in [0.15, 0.2) is 0 Å². The molecule has 1 N–H and O–H groups in total. The van der Waals surface area contributed by atoms with Crippen molar-refractivity contribution >= 4 is 0 Å². The van der Waals surface area contributed by atoms with Crippen LogP contribution in [0.15, 0.2) is 12.1 Å².